The minimum atomic E-state index is -0.622. The number of carbonyl (C=O) groups excluding carboxylic acids is 1. The van der Waals surface area contributed by atoms with Gasteiger partial charge in [0.1, 0.15) is 0 Å². The molecule has 1 aromatic heterocycles. The van der Waals surface area contributed by atoms with E-state index in [4.69, 9.17) is 0 Å². The number of nitrogens with one attached hydrogen (secondary N) is 1. The van der Waals surface area contributed by atoms with Gasteiger partial charge in [0.25, 0.3) is 0 Å². The molecular formula is C28H30N4O3. The molecule has 0 atom stereocenters. The molecule has 0 aliphatic rings. The van der Waals surface area contributed by atoms with Crippen LogP contribution in [-0.2, 0) is 24.4 Å². The number of nitrogens with zero attached hydrogens (tertiary/aromatic N) is 3. The van der Waals surface area contributed by atoms with Crippen LogP contribution in [0.4, 0.5) is 5.69 Å². The maximum absolute atomic E-state index is 13.0. The summed E-state index contributed by atoms with van der Waals surface area (Å²) in [6, 6.07) is 23.1. The van der Waals surface area contributed by atoms with Crippen molar-refractivity contribution in [1.29, 1.82) is 0 Å². The van der Waals surface area contributed by atoms with Crippen LogP contribution in [0.3, 0.4) is 0 Å². The van der Waals surface area contributed by atoms with Gasteiger partial charge in [-0.1, -0.05) is 54.1 Å². The number of hydrogen-bond acceptors (Lipinski definition) is 4. The number of anilines is 1. The maximum Gasteiger partial charge on any atom is 0.317 e. The van der Waals surface area contributed by atoms with Crippen molar-refractivity contribution in [1.82, 2.24) is 14.5 Å². The number of hydrogen-bond donors (Lipinski definition) is 1. The van der Waals surface area contributed by atoms with Gasteiger partial charge in [-0.3, -0.25) is 19.0 Å². The summed E-state index contributed by atoms with van der Waals surface area (Å²) in [5.74, 6) is -0.179. The number of fused-ring (bicyclic) bond motifs is 1. The summed E-state index contributed by atoms with van der Waals surface area (Å²) < 4.78 is 2.92. The number of carbonyl (C=O) groups is 1. The largest absolute Gasteiger partial charge is 0.378 e. The molecule has 0 aliphatic carbocycles. The van der Waals surface area contributed by atoms with Crippen molar-refractivity contribution < 1.29 is 4.79 Å². The molecule has 1 N–H and O–H groups in total. The quantitative estimate of drug-likeness (QED) is 0.401. The lowest BCUT2D eigenvalue weighted by Gasteiger charge is -2.15. The first-order valence-electron chi connectivity index (χ1n) is 11.6. The molecule has 1 amide bonds. The molecule has 0 aliphatic heterocycles. The Kier molecular flexibility index (Phi) is 7.15. The summed E-state index contributed by atoms with van der Waals surface area (Å²) in [7, 11) is 3.95. The molecular weight excluding hydrogens is 440 g/mol. The summed E-state index contributed by atoms with van der Waals surface area (Å²) >= 11 is 0. The molecule has 0 bridgehead atoms. The Hall–Kier alpha value is -4.13. The molecule has 1 heterocycles. The standard InChI is InChI=1S/C28H30N4O3/c1-20-8-10-22(11-9-20)19-32-25-7-5-4-6-24(25)31(27(34)28(32)35)17-16-26(33)29-18-21-12-14-23(15-13-21)30(2)3/h4-15H,16-19H2,1-3H3,(H,29,33). The summed E-state index contributed by atoms with van der Waals surface area (Å²) in [5.41, 5.74) is 4.24. The van der Waals surface area contributed by atoms with Gasteiger partial charge in [-0.2, -0.15) is 0 Å². The third kappa shape index (κ3) is 5.51. The van der Waals surface area contributed by atoms with Crippen molar-refractivity contribution >= 4 is 22.6 Å². The third-order valence-corrected chi connectivity index (χ3v) is 6.10. The summed E-state index contributed by atoms with van der Waals surface area (Å²) in [6.45, 7) is 2.85. The lowest BCUT2D eigenvalue weighted by molar-refractivity contribution is -0.121. The highest BCUT2D eigenvalue weighted by molar-refractivity contribution is 5.77. The lowest BCUT2D eigenvalue weighted by Crippen LogP contribution is -2.42. The van der Waals surface area contributed by atoms with Gasteiger partial charge in [0.15, 0.2) is 0 Å². The zero-order valence-electron chi connectivity index (χ0n) is 20.3. The zero-order valence-corrected chi connectivity index (χ0v) is 20.3. The first kappa shape index (κ1) is 24.0. The molecule has 7 heteroatoms. The van der Waals surface area contributed by atoms with Crippen LogP contribution in [0.15, 0.2) is 82.4 Å². The molecule has 0 fully saturated rings. The van der Waals surface area contributed by atoms with Gasteiger partial charge in [0, 0.05) is 39.3 Å². The third-order valence-electron chi connectivity index (χ3n) is 6.10. The molecule has 35 heavy (non-hydrogen) atoms. The molecule has 3 aromatic carbocycles. The number of para-hydroxylation sites is 2. The maximum atomic E-state index is 13.0. The van der Waals surface area contributed by atoms with Gasteiger partial charge in [0.05, 0.1) is 17.6 Å². The zero-order chi connectivity index (χ0) is 24.9. The first-order chi connectivity index (χ1) is 16.8. The van der Waals surface area contributed by atoms with Gasteiger partial charge in [-0.05, 0) is 42.3 Å². The summed E-state index contributed by atoms with van der Waals surface area (Å²) in [4.78, 5) is 40.6. The van der Waals surface area contributed by atoms with E-state index in [2.05, 4.69) is 5.32 Å². The van der Waals surface area contributed by atoms with Crippen molar-refractivity contribution in [2.24, 2.45) is 0 Å². The van der Waals surface area contributed by atoms with Gasteiger partial charge in [-0.15, -0.1) is 0 Å². The van der Waals surface area contributed by atoms with Crippen molar-refractivity contribution in [3.05, 3.63) is 110 Å². The smallest absolute Gasteiger partial charge is 0.317 e. The van der Waals surface area contributed by atoms with E-state index in [1.165, 1.54) is 9.13 Å². The molecule has 0 saturated carbocycles. The molecule has 0 radical (unpaired) electrons. The predicted octanol–water partition coefficient (Wildman–Crippen LogP) is 3.29. The van der Waals surface area contributed by atoms with E-state index in [0.717, 1.165) is 22.4 Å². The number of amides is 1. The predicted molar refractivity (Wildman–Crippen MR) is 140 cm³/mol. The summed E-state index contributed by atoms with van der Waals surface area (Å²) in [5, 5.41) is 2.90. The highest BCUT2D eigenvalue weighted by Crippen LogP contribution is 2.14. The van der Waals surface area contributed by atoms with Crippen LogP contribution in [0.5, 0.6) is 0 Å². The average Bonchev–Trinajstić information content (AvgIpc) is 2.86. The Morgan fingerprint density at radius 3 is 2.00 bits per heavy atom. The van der Waals surface area contributed by atoms with Gasteiger partial charge < -0.3 is 14.8 Å². The second kappa shape index (κ2) is 10.4. The monoisotopic (exact) mass is 470 g/mol. The van der Waals surface area contributed by atoms with E-state index in [9.17, 15) is 14.4 Å². The van der Waals surface area contributed by atoms with Crippen LogP contribution in [0.25, 0.3) is 11.0 Å². The molecule has 7 nitrogen and oxygen atoms in total. The second-order valence-corrected chi connectivity index (χ2v) is 8.91. The van der Waals surface area contributed by atoms with Crippen LogP contribution in [0.2, 0.25) is 0 Å². The lowest BCUT2D eigenvalue weighted by atomic mass is 10.1. The number of aromatic nitrogens is 2. The van der Waals surface area contributed by atoms with E-state index in [-0.39, 0.29) is 18.9 Å². The van der Waals surface area contributed by atoms with E-state index >= 15 is 0 Å². The van der Waals surface area contributed by atoms with Crippen molar-refractivity contribution in [3.63, 3.8) is 0 Å². The highest BCUT2D eigenvalue weighted by atomic mass is 16.2. The van der Waals surface area contributed by atoms with Crippen LogP contribution in [0.1, 0.15) is 23.1 Å². The van der Waals surface area contributed by atoms with E-state index in [1.807, 2.05) is 98.7 Å². The van der Waals surface area contributed by atoms with Crippen LogP contribution >= 0.6 is 0 Å². The topological polar surface area (TPSA) is 76.3 Å². The number of aryl methyl sites for hydroxylation is 2. The fraction of sp³-hybridized carbons (Fsp3) is 0.250. The second-order valence-electron chi connectivity index (χ2n) is 8.91. The van der Waals surface area contributed by atoms with Crippen LogP contribution in [0, 0.1) is 6.92 Å². The minimum absolute atomic E-state index is 0.0983. The summed E-state index contributed by atoms with van der Waals surface area (Å²) in [6.07, 6.45) is 0.0983. The molecule has 4 rings (SSSR count). The minimum Gasteiger partial charge on any atom is -0.378 e. The Bertz CT molecular complexity index is 1450. The molecule has 0 saturated heterocycles. The fourth-order valence-electron chi connectivity index (χ4n) is 4.04. The Labute approximate surface area is 204 Å². The Balaban J connectivity index is 1.51. The first-order valence-corrected chi connectivity index (χ1v) is 11.6. The molecule has 180 valence electrons. The van der Waals surface area contributed by atoms with E-state index in [0.29, 0.717) is 24.1 Å². The van der Waals surface area contributed by atoms with Crippen LogP contribution in [-0.4, -0.2) is 29.1 Å². The van der Waals surface area contributed by atoms with Gasteiger partial charge in [-0.25, -0.2) is 0 Å². The normalized spacial score (nSPS) is 10.9. The Morgan fingerprint density at radius 2 is 1.37 bits per heavy atom. The molecule has 0 unspecified atom stereocenters. The van der Waals surface area contributed by atoms with Crippen molar-refractivity contribution in [2.45, 2.75) is 33.0 Å². The fourth-order valence-corrected chi connectivity index (χ4v) is 4.04. The number of rotatable bonds is 8. The van der Waals surface area contributed by atoms with Crippen LogP contribution < -0.4 is 21.3 Å². The number of benzene rings is 3. The van der Waals surface area contributed by atoms with Crippen molar-refractivity contribution in [3.8, 4) is 0 Å². The van der Waals surface area contributed by atoms with Gasteiger partial charge >= 0.3 is 11.1 Å². The van der Waals surface area contributed by atoms with E-state index in [1.54, 1.807) is 0 Å². The average molecular weight is 471 g/mol. The van der Waals surface area contributed by atoms with Gasteiger partial charge in [0.2, 0.25) is 5.91 Å². The Morgan fingerprint density at radius 1 is 0.800 bits per heavy atom. The molecule has 0 spiro atoms. The highest BCUT2D eigenvalue weighted by Gasteiger charge is 2.14. The molecule has 4 aromatic rings. The SMILES string of the molecule is Cc1ccc(Cn2c(=O)c(=O)n(CCC(=O)NCc3ccc(N(C)C)cc3)c3ccccc32)cc1. The van der Waals surface area contributed by atoms with Crippen molar-refractivity contribution in [2.75, 3.05) is 19.0 Å². The van der Waals surface area contributed by atoms with E-state index < -0.39 is 11.1 Å².